The number of aliphatic hydroxyl groups excluding tert-OH is 2. The van der Waals surface area contributed by atoms with E-state index in [2.05, 4.69) is 29.3 Å². The SMILES string of the molecule is CCCCCCCCCCCCCCCC(=O)Nc1cccc(C2O[C@H](CN(C)C[C@@H](O)c3cccc(O)c3)[C@@H](c3ccccc3)[C@H](c3ccc(CO)cc3)O2)c1. The molecule has 8 nitrogen and oxygen atoms in total. The van der Waals surface area contributed by atoms with E-state index in [1.807, 2.05) is 79.8 Å². The predicted octanol–water partition coefficient (Wildman–Crippen LogP) is 10.9. The summed E-state index contributed by atoms with van der Waals surface area (Å²) in [4.78, 5) is 15.1. The summed E-state index contributed by atoms with van der Waals surface area (Å²) in [6.07, 6.45) is 14.7. The monoisotopic (exact) mass is 778 g/mol. The summed E-state index contributed by atoms with van der Waals surface area (Å²) in [6, 6.07) is 32.5. The molecule has 0 aliphatic carbocycles. The van der Waals surface area contributed by atoms with E-state index in [-0.39, 0.29) is 30.3 Å². The number of hydrogen-bond donors (Lipinski definition) is 4. The van der Waals surface area contributed by atoms with Gasteiger partial charge < -0.3 is 35.0 Å². The van der Waals surface area contributed by atoms with Crippen LogP contribution in [0.1, 0.15) is 149 Å². The zero-order chi connectivity index (χ0) is 40.2. The second-order valence-electron chi connectivity index (χ2n) is 15.9. The normalized spacial score (nSPS) is 18.8. The van der Waals surface area contributed by atoms with Gasteiger partial charge in [0.05, 0.1) is 24.9 Å². The summed E-state index contributed by atoms with van der Waals surface area (Å²) >= 11 is 0. The number of anilines is 1. The first-order valence-electron chi connectivity index (χ1n) is 21.5. The number of amides is 1. The lowest BCUT2D eigenvalue weighted by molar-refractivity contribution is -0.263. The lowest BCUT2D eigenvalue weighted by Crippen LogP contribution is -2.44. The third-order valence-corrected chi connectivity index (χ3v) is 11.2. The first-order chi connectivity index (χ1) is 27.8. The molecule has 1 unspecified atom stereocenters. The fourth-order valence-corrected chi connectivity index (χ4v) is 7.97. The van der Waals surface area contributed by atoms with Crippen LogP contribution in [0.4, 0.5) is 5.69 Å². The van der Waals surface area contributed by atoms with E-state index < -0.39 is 18.5 Å². The summed E-state index contributed by atoms with van der Waals surface area (Å²) in [7, 11) is 1.96. The van der Waals surface area contributed by atoms with Gasteiger partial charge >= 0.3 is 0 Å². The van der Waals surface area contributed by atoms with Gasteiger partial charge in [-0.25, -0.2) is 0 Å². The van der Waals surface area contributed by atoms with Crippen LogP contribution < -0.4 is 5.32 Å². The molecule has 0 saturated carbocycles. The van der Waals surface area contributed by atoms with Gasteiger partial charge in [-0.3, -0.25) is 4.79 Å². The minimum Gasteiger partial charge on any atom is -0.508 e. The Balaban J connectivity index is 1.23. The molecule has 57 heavy (non-hydrogen) atoms. The third-order valence-electron chi connectivity index (χ3n) is 11.2. The highest BCUT2D eigenvalue weighted by Crippen LogP contribution is 2.47. The Hall–Kier alpha value is -4.05. The molecule has 0 radical (unpaired) electrons. The van der Waals surface area contributed by atoms with Crippen LogP contribution in [0.15, 0.2) is 103 Å². The lowest BCUT2D eigenvalue weighted by atomic mass is 9.83. The molecule has 0 aromatic heterocycles. The Bertz CT molecular complexity index is 1730. The maximum atomic E-state index is 13.0. The summed E-state index contributed by atoms with van der Waals surface area (Å²) in [5.74, 6) is -0.0792. The summed E-state index contributed by atoms with van der Waals surface area (Å²) < 4.78 is 13.8. The summed E-state index contributed by atoms with van der Waals surface area (Å²) in [6.45, 7) is 3.02. The summed E-state index contributed by atoms with van der Waals surface area (Å²) in [5, 5.41) is 34.0. The number of hydrogen-bond acceptors (Lipinski definition) is 7. The van der Waals surface area contributed by atoms with Gasteiger partial charge in [0.25, 0.3) is 0 Å². The highest BCUT2D eigenvalue weighted by Gasteiger charge is 2.42. The van der Waals surface area contributed by atoms with Crippen molar-refractivity contribution < 1.29 is 29.6 Å². The van der Waals surface area contributed by atoms with Gasteiger partial charge in [0.15, 0.2) is 6.29 Å². The van der Waals surface area contributed by atoms with Crippen molar-refractivity contribution in [2.24, 2.45) is 0 Å². The molecule has 308 valence electrons. The molecule has 4 N–H and O–H groups in total. The van der Waals surface area contributed by atoms with Crippen molar-refractivity contribution in [1.29, 1.82) is 0 Å². The van der Waals surface area contributed by atoms with E-state index in [9.17, 15) is 20.1 Å². The molecule has 1 fully saturated rings. The Morgan fingerprint density at radius 3 is 2.00 bits per heavy atom. The second-order valence-corrected chi connectivity index (χ2v) is 15.9. The van der Waals surface area contributed by atoms with E-state index in [0.29, 0.717) is 30.8 Å². The molecule has 5 rings (SSSR count). The highest BCUT2D eigenvalue weighted by molar-refractivity contribution is 5.90. The number of nitrogens with one attached hydrogen (secondary N) is 1. The quantitative estimate of drug-likeness (QED) is 0.0524. The van der Waals surface area contributed by atoms with E-state index in [1.165, 1.54) is 70.6 Å². The van der Waals surface area contributed by atoms with E-state index in [1.54, 1.807) is 18.2 Å². The zero-order valence-corrected chi connectivity index (χ0v) is 34.2. The minimum absolute atomic E-state index is 0.0106. The number of unbranched alkanes of at least 4 members (excludes halogenated alkanes) is 12. The topological polar surface area (TPSA) is 111 Å². The molecule has 1 heterocycles. The van der Waals surface area contributed by atoms with Crippen molar-refractivity contribution >= 4 is 11.6 Å². The van der Waals surface area contributed by atoms with Crippen molar-refractivity contribution in [2.45, 2.75) is 134 Å². The van der Waals surface area contributed by atoms with Gasteiger partial charge in [0.1, 0.15) is 5.75 Å². The number of nitrogens with zero attached hydrogens (tertiary/aromatic N) is 1. The van der Waals surface area contributed by atoms with Crippen LogP contribution in [0.2, 0.25) is 0 Å². The van der Waals surface area contributed by atoms with Gasteiger partial charge in [0, 0.05) is 36.7 Å². The maximum Gasteiger partial charge on any atom is 0.224 e. The maximum absolute atomic E-state index is 13.0. The van der Waals surface area contributed by atoms with Gasteiger partial charge in [-0.1, -0.05) is 163 Å². The first-order valence-corrected chi connectivity index (χ1v) is 21.5. The van der Waals surface area contributed by atoms with Crippen LogP contribution in [0.3, 0.4) is 0 Å². The number of aliphatic hydroxyl groups is 2. The third kappa shape index (κ3) is 14.4. The number of benzene rings is 4. The molecular formula is C49H66N2O6. The molecule has 4 aromatic carbocycles. The number of ether oxygens (including phenoxy) is 2. The Morgan fingerprint density at radius 2 is 1.35 bits per heavy atom. The number of likely N-dealkylation sites (N-methyl/N-ethyl adjacent to an activating group) is 1. The molecule has 0 spiro atoms. The van der Waals surface area contributed by atoms with Gasteiger partial charge in [-0.2, -0.15) is 0 Å². The molecule has 0 bridgehead atoms. The van der Waals surface area contributed by atoms with Crippen molar-refractivity contribution in [3.05, 3.63) is 131 Å². The Kier molecular flexibility index (Phi) is 18.6. The number of carbonyl (C=O) groups is 1. The first kappa shape index (κ1) is 44.1. The van der Waals surface area contributed by atoms with Crippen LogP contribution >= 0.6 is 0 Å². The average molecular weight is 779 g/mol. The summed E-state index contributed by atoms with van der Waals surface area (Å²) in [5.41, 5.74) is 4.98. The molecule has 8 heteroatoms. The van der Waals surface area contributed by atoms with Crippen LogP contribution in [0, 0.1) is 0 Å². The number of rotatable bonds is 24. The Labute approximate surface area is 341 Å². The molecule has 4 aromatic rings. The van der Waals surface area contributed by atoms with Crippen LogP contribution in [-0.2, 0) is 20.9 Å². The number of aromatic hydroxyl groups is 1. The molecule has 1 saturated heterocycles. The fraction of sp³-hybridized carbons (Fsp3) is 0.490. The number of phenolic OH excluding ortho intramolecular Hbond substituents is 1. The molecule has 1 amide bonds. The van der Waals surface area contributed by atoms with E-state index in [0.717, 1.165) is 35.1 Å². The van der Waals surface area contributed by atoms with Crippen LogP contribution in [-0.4, -0.2) is 52.4 Å². The predicted molar refractivity (Wildman–Crippen MR) is 229 cm³/mol. The van der Waals surface area contributed by atoms with Crippen molar-refractivity contribution in [1.82, 2.24) is 4.90 Å². The van der Waals surface area contributed by atoms with Crippen LogP contribution in [0.5, 0.6) is 5.75 Å². The molecule has 5 atom stereocenters. The molecule has 1 aliphatic heterocycles. The fourth-order valence-electron chi connectivity index (χ4n) is 7.97. The van der Waals surface area contributed by atoms with E-state index in [4.69, 9.17) is 9.47 Å². The average Bonchev–Trinajstić information content (AvgIpc) is 3.22. The van der Waals surface area contributed by atoms with Gasteiger partial charge in [0.2, 0.25) is 5.91 Å². The molecule has 1 aliphatic rings. The standard InChI is InChI=1S/C49H66N2O6/c1-3-4-5-6-7-8-9-10-11-12-13-14-18-27-46(55)50-42-25-19-24-41(32-42)49-56-45(35-51(2)34-44(54)40-23-20-26-43(53)33-40)47(38-21-16-15-17-22-38)48(57-49)39-30-28-37(36-52)29-31-39/h15-17,19-26,28-33,44-45,47-49,52-54H,3-14,18,27,34-36H2,1-2H3,(H,50,55)/t44-,45-,47-,48+,49?/m1/s1. The van der Waals surface area contributed by atoms with Crippen molar-refractivity contribution in [2.75, 3.05) is 25.5 Å². The van der Waals surface area contributed by atoms with Gasteiger partial charge in [-0.05, 0) is 60.0 Å². The van der Waals surface area contributed by atoms with Gasteiger partial charge in [-0.15, -0.1) is 0 Å². The number of carbonyl (C=O) groups excluding carboxylic acids is 1. The zero-order valence-electron chi connectivity index (χ0n) is 34.2. The smallest absolute Gasteiger partial charge is 0.224 e. The highest BCUT2D eigenvalue weighted by atomic mass is 16.7. The van der Waals surface area contributed by atoms with Crippen molar-refractivity contribution in [3.8, 4) is 5.75 Å². The van der Waals surface area contributed by atoms with Crippen molar-refractivity contribution in [3.63, 3.8) is 0 Å². The Morgan fingerprint density at radius 1 is 0.719 bits per heavy atom. The number of phenols is 1. The lowest BCUT2D eigenvalue weighted by Gasteiger charge is -2.44. The van der Waals surface area contributed by atoms with Crippen LogP contribution in [0.25, 0.3) is 0 Å². The second kappa shape index (κ2) is 24.0. The minimum atomic E-state index is -0.810. The molecular weight excluding hydrogens is 713 g/mol. The largest absolute Gasteiger partial charge is 0.508 e. The van der Waals surface area contributed by atoms with E-state index >= 15 is 0 Å².